The maximum atomic E-state index is 5.67. The van der Waals surface area contributed by atoms with Crippen LogP contribution in [-0.2, 0) is 19.5 Å². The predicted molar refractivity (Wildman–Crippen MR) is 80.4 cm³/mol. The lowest BCUT2D eigenvalue weighted by atomic mass is 10.1. The standard InChI is InChI=1S/C15H17N3S/c1-2-15-17-13(10-19-15)9-18-6-5-12-7-11(8-16)3-4-14(12)18/h3-7,10H,2,8-9,16H2,1H3. The molecule has 2 heterocycles. The highest BCUT2D eigenvalue weighted by atomic mass is 32.1. The number of aromatic nitrogens is 2. The van der Waals surface area contributed by atoms with Crippen molar-refractivity contribution >= 4 is 22.2 Å². The van der Waals surface area contributed by atoms with E-state index < -0.39 is 0 Å². The van der Waals surface area contributed by atoms with Crippen LogP contribution >= 0.6 is 11.3 Å². The maximum absolute atomic E-state index is 5.67. The lowest BCUT2D eigenvalue weighted by molar-refractivity contribution is 0.808. The summed E-state index contributed by atoms with van der Waals surface area (Å²) in [5.41, 5.74) is 9.23. The molecule has 0 aliphatic rings. The van der Waals surface area contributed by atoms with E-state index in [4.69, 9.17) is 5.73 Å². The molecule has 0 fully saturated rings. The fourth-order valence-electron chi connectivity index (χ4n) is 2.27. The third-order valence-corrected chi connectivity index (χ3v) is 4.35. The number of thiazole rings is 1. The molecule has 98 valence electrons. The van der Waals surface area contributed by atoms with Gasteiger partial charge >= 0.3 is 0 Å². The minimum Gasteiger partial charge on any atom is -0.341 e. The van der Waals surface area contributed by atoms with Gasteiger partial charge in [-0.25, -0.2) is 4.98 Å². The fraction of sp³-hybridized carbons (Fsp3) is 0.267. The van der Waals surface area contributed by atoms with Gasteiger partial charge in [-0.15, -0.1) is 11.3 Å². The Balaban J connectivity index is 1.92. The van der Waals surface area contributed by atoms with E-state index in [0.717, 1.165) is 18.7 Å². The molecular formula is C15H17N3S. The van der Waals surface area contributed by atoms with E-state index in [1.807, 2.05) is 0 Å². The molecule has 0 radical (unpaired) electrons. The number of fused-ring (bicyclic) bond motifs is 1. The third kappa shape index (κ3) is 2.41. The second-order valence-electron chi connectivity index (χ2n) is 4.63. The van der Waals surface area contributed by atoms with Gasteiger partial charge in [0, 0.05) is 23.6 Å². The molecule has 0 amide bonds. The molecule has 1 aromatic carbocycles. The van der Waals surface area contributed by atoms with Gasteiger partial charge in [-0.05, 0) is 35.6 Å². The summed E-state index contributed by atoms with van der Waals surface area (Å²) in [6.07, 6.45) is 3.13. The zero-order valence-corrected chi connectivity index (χ0v) is 11.8. The van der Waals surface area contributed by atoms with Gasteiger partial charge in [0.2, 0.25) is 0 Å². The quantitative estimate of drug-likeness (QED) is 0.792. The Kier molecular flexibility index (Phi) is 3.36. The molecule has 0 aliphatic carbocycles. The van der Waals surface area contributed by atoms with Gasteiger partial charge in [-0.3, -0.25) is 0 Å². The highest BCUT2D eigenvalue weighted by Crippen LogP contribution is 2.19. The molecule has 0 saturated heterocycles. The summed E-state index contributed by atoms with van der Waals surface area (Å²) in [4.78, 5) is 4.62. The molecule has 0 saturated carbocycles. The normalized spacial score (nSPS) is 11.3. The summed E-state index contributed by atoms with van der Waals surface area (Å²) in [5, 5.41) is 4.60. The smallest absolute Gasteiger partial charge is 0.0926 e. The molecule has 3 rings (SSSR count). The topological polar surface area (TPSA) is 43.8 Å². The third-order valence-electron chi connectivity index (χ3n) is 3.31. The average molecular weight is 271 g/mol. The molecule has 0 spiro atoms. The summed E-state index contributed by atoms with van der Waals surface area (Å²) in [6, 6.07) is 8.54. The van der Waals surface area contributed by atoms with Crippen LogP contribution in [0.3, 0.4) is 0 Å². The van der Waals surface area contributed by atoms with Gasteiger partial charge in [0.05, 0.1) is 17.2 Å². The Morgan fingerprint density at radius 1 is 1.32 bits per heavy atom. The summed E-state index contributed by atoms with van der Waals surface area (Å²) >= 11 is 1.74. The second-order valence-corrected chi connectivity index (χ2v) is 5.57. The van der Waals surface area contributed by atoms with E-state index >= 15 is 0 Å². The lowest BCUT2D eigenvalue weighted by Gasteiger charge is -2.04. The van der Waals surface area contributed by atoms with Crippen molar-refractivity contribution in [3.8, 4) is 0 Å². The Morgan fingerprint density at radius 2 is 2.21 bits per heavy atom. The number of aryl methyl sites for hydroxylation is 1. The van der Waals surface area contributed by atoms with E-state index in [1.165, 1.54) is 21.5 Å². The van der Waals surface area contributed by atoms with Crippen molar-refractivity contribution in [2.75, 3.05) is 0 Å². The lowest BCUT2D eigenvalue weighted by Crippen LogP contribution is -1.99. The average Bonchev–Trinajstić information content (AvgIpc) is 3.06. The largest absolute Gasteiger partial charge is 0.341 e. The monoisotopic (exact) mass is 271 g/mol. The van der Waals surface area contributed by atoms with Crippen molar-refractivity contribution in [2.24, 2.45) is 5.73 Å². The van der Waals surface area contributed by atoms with Crippen molar-refractivity contribution in [2.45, 2.75) is 26.4 Å². The Labute approximate surface area is 116 Å². The van der Waals surface area contributed by atoms with Crippen molar-refractivity contribution in [1.29, 1.82) is 0 Å². The van der Waals surface area contributed by atoms with Crippen LogP contribution in [0.4, 0.5) is 0 Å². The van der Waals surface area contributed by atoms with Crippen LogP contribution in [0.2, 0.25) is 0 Å². The molecule has 19 heavy (non-hydrogen) atoms. The first kappa shape index (κ1) is 12.4. The summed E-state index contributed by atoms with van der Waals surface area (Å²) in [7, 11) is 0. The number of nitrogens with zero attached hydrogens (tertiary/aromatic N) is 2. The van der Waals surface area contributed by atoms with Crippen LogP contribution in [0.5, 0.6) is 0 Å². The van der Waals surface area contributed by atoms with Crippen LogP contribution in [0.1, 0.15) is 23.2 Å². The SMILES string of the molecule is CCc1nc(Cn2ccc3cc(CN)ccc32)cs1. The van der Waals surface area contributed by atoms with E-state index in [2.05, 4.69) is 52.3 Å². The van der Waals surface area contributed by atoms with Gasteiger partial charge in [0.1, 0.15) is 0 Å². The first-order chi connectivity index (χ1) is 9.30. The number of hydrogen-bond donors (Lipinski definition) is 1. The molecular weight excluding hydrogens is 254 g/mol. The van der Waals surface area contributed by atoms with E-state index in [0.29, 0.717) is 6.54 Å². The minimum atomic E-state index is 0.590. The molecule has 3 nitrogen and oxygen atoms in total. The Morgan fingerprint density at radius 3 is 2.95 bits per heavy atom. The van der Waals surface area contributed by atoms with Crippen LogP contribution in [0.25, 0.3) is 10.9 Å². The molecule has 2 N–H and O–H groups in total. The van der Waals surface area contributed by atoms with Gasteiger partial charge in [0.25, 0.3) is 0 Å². The van der Waals surface area contributed by atoms with Crippen molar-refractivity contribution < 1.29 is 0 Å². The van der Waals surface area contributed by atoms with Crippen molar-refractivity contribution in [1.82, 2.24) is 9.55 Å². The molecule has 0 atom stereocenters. The fourth-order valence-corrected chi connectivity index (χ4v) is 3.01. The molecule has 2 aromatic heterocycles. The first-order valence-corrected chi connectivity index (χ1v) is 7.39. The maximum Gasteiger partial charge on any atom is 0.0926 e. The summed E-state index contributed by atoms with van der Waals surface area (Å²) in [6.45, 7) is 3.57. The number of rotatable bonds is 4. The van der Waals surface area contributed by atoms with E-state index in [9.17, 15) is 0 Å². The van der Waals surface area contributed by atoms with Gasteiger partial charge < -0.3 is 10.3 Å². The number of benzene rings is 1. The predicted octanol–water partition coefficient (Wildman–Crippen LogP) is 3.17. The van der Waals surface area contributed by atoms with E-state index in [1.54, 1.807) is 11.3 Å². The molecule has 0 aliphatic heterocycles. The molecule has 0 bridgehead atoms. The van der Waals surface area contributed by atoms with Gasteiger partial charge in [-0.1, -0.05) is 13.0 Å². The van der Waals surface area contributed by atoms with Gasteiger partial charge in [-0.2, -0.15) is 0 Å². The van der Waals surface area contributed by atoms with Crippen LogP contribution in [-0.4, -0.2) is 9.55 Å². The van der Waals surface area contributed by atoms with E-state index in [-0.39, 0.29) is 0 Å². The van der Waals surface area contributed by atoms with Crippen molar-refractivity contribution in [3.05, 3.63) is 52.1 Å². The second kappa shape index (κ2) is 5.15. The summed E-state index contributed by atoms with van der Waals surface area (Å²) in [5.74, 6) is 0. The Bertz CT molecular complexity index is 696. The van der Waals surface area contributed by atoms with Gasteiger partial charge in [0.15, 0.2) is 0 Å². The molecule has 3 aromatic rings. The zero-order valence-electron chi connectivity index (χ0n) is 11.0. The number of hydrogen-bond acceptors (Lipinski definition) is 3. The molecule has 4 heteroatoms. The van der Waals surface area contributed by atoms with Crippen LogP contribution < -0.4 is 5.73 Å². The zero-order chi connectivity index (χ0) is 13.2. The summed E-state index contributed by atoms with van der Waals surface area (Å²) < 4.78 is 2.24. The minimum absolute atomic E-state index is 0.590. The Hall–Kier alpha value is -1.65. The number of nitrogens with two attached hydrogens (primary N) is 1. The van der Waals surface area contributed by atoms with Crippen molar-refractivity contribution in [3.63, 3.8) is 0 Å². The highest BCUT2D eigenvalue weighted by Gasteiger charge is 2.05. The first-order valence-electron chi connectivity index (χ1n) is 6.51. The van der Waals surface area contributed by atoms with Crippen LogP contribution in [0.15, 0.2) is 35.8 Å². The van der Waals surface area contributed by atoms with Crippen LogP contribution in [0, 0.1) is 0 Å². The highest BCUT2D eigenvalue weighted by molar-refractivity contribution is 7.09. The molecule has 0 unspecified atom stereocenters.